The second kappa shape index (κ2) is 10.5. The van der Waals surface area contributed by atoms with Gasteiger partial charge < -0.3 is 9.84 Å². The van der Waals surface area contributed by atoms with Gasteiger partial charge in [0.25, 0.3) is 0 Å². The fourth-order valence-electron chi connectivity index (χ4n) is 2.93. The molecule has 0 bridgehead atoms. The minimum Gasteiger partial charge on any atom is -0.511 e. The molecule has 4 heteroatoms. The van der Waals surface area contributed by atoms with Crippen molar-refractivity contribution in [3.63, 3.8) is 0 Å². The molecule has 1 rings (SSSR count). The number of ketones is 1. The van der Waals surface area contributed by atoms with Gasteiger partial charge in [0.2, 0.25) is 0 Å². The molecule has 1 unspecified atom stereocenters. The Hall–Kier alpha value is -1.32. The largest absolute Gasteiger partial charge is 0.511 e. The Balaban J connectivity index is 2.36. The van der Waals surface area contributed by atoms with Crippen LogP contribution >= 0.6 is 0 Å². The Morgan fingerprint density at radius 1 is 1.17 bits per heavy atom. The lowest BCUT2D eigenvalue weighted by Crippen LogP contribution is -2.30. The lowest BCUT2D eigenvalue weighted by molar-refractivity contribution is -0.148. The third-order valence-electron chi connectivity index (χ3n) is 4.19. The first kappa shape index (κ1) is 19.7. The Kier molecular flexibility index (Phi) is 8.97. The fraction of sp³-hybridized carbons (Fsp3) is 0.789. The van der Waals surface area contributed by atoms with Crippen molar-refractivity contribution in [2.45, 2.75) is 91.1 Å². The van der Waals surface area contributed by atoms with Crippen molar-refractivity contribution in [3.05, 3.63) is 11.3 Å². The van der Waals surface area contributed by atoms with Gasteiger partial charge in [0, 0.05) is 12.8 Å². The highest BCUT2D eigenvalue weighted by Crippen LogP contribution is 2.25. The summed E-state index contributed by atoms with van der Waals surface area (Å²) in [5.41, 5.74) is -0.130. The van der Waals surface area contributed by atoms with E-state index in [0.717, 1.165) is 19.3 Å². The Bertz CT molecular complexity index is 423. The van der Waals surface area contributed by atoms with E-state index in [-0.39, 0.29) is 42.0 Å². The van der Waals surface area contributed by atoms with Gasteiger partial charge in [-0.15, -0.1) is 0 Å². The number of carbonyl (C=O) groups excluding carboxylic acids is 2. The van der Waals surface area contributed by atoms with Crippen LogP contribution in [0.3, 0.4) is 0 Å². The predicted octanol–water partition coefficient (Wildman–Crippen LogP) is 4.87. The molecular weight excluding hydrogens is 292 g/mol. The molecule has 0 saturated carbocycles. The molecule has 23 heavy (non-hydrogen) atoms. The first-order chi connectivity index (χ1) is 11.0. The summed E-state index contributed by atoms with van der Waals surface area (Å²) in [6.45, 7) is 6.03. The molecule has 0 aromatic heterocycles. The Morgan fingerprint density at radius 2 is 1.78 bits per heavy atom. The van der Waals surface area contributed by atoms with Gasteiger partial charge in [0.05, 0.1) is 0 Å². The van der Waals surface area contributed by atoms with Crippen molar-refractivity contribution in [1.29, 1.82) is 0 Å². The molecule has 0 aromatic carbocycles. The molecule has 0 aliphatic carbocycles. The molecule has 1 atom stereocenters. The standard InChI is InChI=1S/C19H32O4/c1-4-5-6-7-8-9-10-11-15-13-17(21)18(19(22)23-15)16(20)12-14(2)3/h14-15,21H,4-13H2,1-3H3. The van der Waals surface area contributed by atoms with Crippen LogP contribution in [0.2, 0.25) is 0 Å². The topological polar surface area (TPSA) is 63.6 Å². The molecule has 4 nitrogen and oxygen atoms in total. The summed E-state index contributed by atoms with van der Waals surface area (Å²) in [6.07, 6.45) is 9.44. The van der Waals surface area contributed by atoms with Gasteiger partial charge in [-0.1, -0.05) is 59.3 Å². The van der Waals surface area contributed by atoms with Gasteiger partial charge in [-0.05, 0) is 18.8 Å². The van der Waals surface area contributed by atoms with E-state index < -0.39 is 5.97 Å². The average Bonchev–Trinajstić information content (AvgIpc) is 2.44. The molecule has 0 amide bonds. The van der Waals surface area contributed by atoms with Crippen LogP contribution in [0.1, 0.15) is 85.0 Å². The minimum absolute atomic E-state index is 0.0835. The summed E-state index contributed by atoms with van der Waals surface area (Å²) in [5, 5.41) is 10.1. The summed E-state index contributed by atoms with van der Waals surface area (Å²) in [7, 11) is 0. The van der Waals surface area contributed by atoms with E-state index in [0.29, 0.717) is 0 Å². The van der Waals surface area contributed by atoms with Gasteiger partial charge >= 0.3 is 5.97 Å². The van der Waals surface area contributed by atoms with Crippen molar-refractivity contribution in [2.24, 2.45) is 5.92 Å². The van der Waals surface area contributed by atoms with Crippen LogP contribution in [0.25, 0.3) is 0 Å². The molecular formula is C19H32O4. The summed E-state index contributed by atoms with van der Waals surface area (Å²) in [5.74, 6) is -0.884. The molecule has 1 heterocycles. The van der Waals surface area contributed by atoms with Gasteiger partial charge in [0.1, 0.15) is 17.4 Å². The van der Waals surface area contributed by atoms with Crippen molar-refractivity contribution in [1.82, 2.24) is 0 Å². The summed E-state index contributed by atoms with van der Waals surface area (Å²) in [6, 6.07) is 0. The SMILES string of the molecule is CCCCCCCCCC1CC(O)=C(C(=O)CC(C)C)C(=O)O1. The number of hydrogen-bond acceptors (Lipinski definition) is 4. The van der Waals surface area contributed by atoms with Gasteiger partial charge in [-0.25, -0.2) is 4.79 Å². The van der Waals surface area contributed by atoms with Crippen LogP contribution < -0.4 is 0 Å². The maximum absolute atomic E-state index is 12.0. The lowest BCUT2D eigenvalue weighted by atomic mass is 9.95. The number of Topliss-reactive ketones (excluding diaryl/α,β-unsaturated/α-hetero) is 1. The summed E-state index contributed by atoms with van der Waals surface area (Å²) < 4.78 is 5.34. The van der Waals surface area contributed by atoms with Gasteiger partial charge in [0.15, 0.2) is 5.78 Å². The van der Waals surface area contributed by atoms with Crippen LogP contribution in [0.5, 0.6) is 0 Å². The molecule has 0 fully saturated rings. The highest BCUT2D eigenvalue weighted by molar-refractivity contribution is 6.18. The molecule has 0 saturated heterocycles. The zero-order chi connectivity index (χ0) is 17.2. The van der Waals surface area contributed by atoms with Crippen molar-refractivity contribution >= 4 is 11.8 Å². The number of hydrogen-bond donors (Lipinski definition) is 1. The van der Waals surface area contributed by atoms with E-state index >= 15 is 0 Å². The third-order valence-corrected chi connectivity index (χ3v) is 4.19. The molecule has 0 spiro atoms. The third kappa shape index (κ3) is 7.19. The van der Waals surface area contributed by atoms with Gasteiger partial charge in [-0.3, -0.25) is 4.79 Å². The maximum atomic E-state index is 12.0. The van der Waals surface area contributed by atoms with Crippen LogP contribution in [0, 0.1) is 5.92 Å². The highest BCUT2D eigenvalue weighted by Gasteiger charge is 2.33. The fourth-order valence-corrected chi connectivity index (χ4v) is 2.93. The second-order valence-corrected chi connectivity index (χ2v) is 6.98. The van der Waals surface area contributed by atoms with Crippen molar-refractivity contribution in [3.8, 4) is 0 Å². The monoisotopic (exact) mass is 324 g/mol. The number of unbranched alkanes of at least 4 members (excludes halogenated alkanes) is 6. The van der Waals surface area contributed by atoms with E-state index in [4.69, 9.17) is 4.74 Å². The first-order valence-corrected chi connectivity index (χ1v) is 9.12. The zero-order valence-corrected chi connectivity index (χ0v) is 14.9. The number of cyclic esters (lactones) is 1. The molecule has 1 aliphatic heterocycles. The van der Waals surface area contributed by atoms with Crippen LogP contribution in [0.4, 0.5) is 0 Å². The molecule has 0 aromatic rings. The molecule has 132 valence electrons. The smallest absolute Gasteiger partial charge is 0.345 e. The van der Waals surface area contributed by atoms with E-state index in [1.54, 1.807) is 0 Å². The number of ether oxygens (including phenoxy) is 1. The maximum Gasteiger partial charge on any atom is 0.345 e. The van der Waals surface area contributed by atoms with E-state index in [9.17, 15) is 14.7 Å². The Morgan fingerprint density at radius 3 is 2.35 bits per heavy atom. The quantitative estimate of drug-likeness (QED) is 0.334. The molecule has 1 N–H and O–H groups in total. The van der Waals surface area contributed by atoms with Gasteiger partial charge in [-0.2, -0.15) is 0 Å². The number of aliphatic hydroxyl groups excluding tert-OH is 1. The average molecular weight is 324 g/mol. The van der Waals surface area contributed by atoms with Crippen molar-refractivity contribution < 1.29 is 19.4 Å². The lowest BCUT2D eigenvalue weighted by Gasteiger charge is -2.24. The number of aliphatic hydroxyl groups is 1. The number of rotatable bonds is 11. The number of carbonyl (C=O) groups is 2. The van der Waals surface area contributed by atoms with Crippen molar-refractivity contribution in [2.75, 3.05) is 0 Å². The summed E-state index contributed by atoms with van der Waals surface area (Å²) >= 11 is 0. The van der Waals surface area contributed by atoms with Crippen LogP contribution in [-0.2, 0) is 14.3 Å². The van der Waals surface area contributed by atoms with Crippen LogP contribution in [-0.4, -0.2) is 23.0 Å². The zero-order valence-electron chi connectivity index (χ0n) is 14.9. The number of esters is 1. The normalized spacial score (nSPS) is 18.4. The highest BCUT2D eigenvalue weighted by atomic mass is 16.5. The Labute approximate surface area is 140 Å². The second-order valence-electron chi connectivity index (χ2n) is 6.98. The minimum atomic E-state index is -0.646. The molecule has 1 aliphatic rings. The summed E-state index contributed by atoms with van der Waals surface area (Å²) in [4.78, 5) is 24.0. The van der Waals surface area contributed by atoms with E-state index in [1.165, 1.54) is 32.1 Å². The van der Waals surface area contributed by atoms with Crippen LogP contribution in [0.15, 0.2) is 11.3 Å². The first-order valence-electron chi connectivity index (χ1n) is 9.12. The predicted molar refractivity (Wildman–Crippen MR) is 91.2 cm³/mol. The van der Waals surface area contributed by atoms with E-state index in [1.807, 2.05) is 13.8 Å². The molecule has 0 radical (unpaired) electrons. The van der Waals surface area contributed by atoms with E-state index in [2.05, 4.69) is 6.92 Å².